The van der Waals surface area contributed by atoms with E-state index in [-0.39, 0.29) is 36.1 Å². The standard InChI is InChI=1S/C13H21N3OS.2ClH/c1-9-11(18-8-16-9)12(17)15-7-10-13(2,3)5-4-6-14-10;;/h8,10,14H,4-7H2,1-3H3,(H,15,17);2*1H. The topological polar surface area (TPSA) is 54.0 Å². The molecule has 0 bridgehead atoms. The fourth-order valence-corrected chi connectivity index (χ4v) is 3.13. The van der Waals surface area contributed by atoms with E-state index in [0.717, 1.165) is 17.1 Å². The Bertz CT molecular complexity index is 437. The highest BCUT2D eigenvalue weighted by Crippen LogP contribution is 2.29. The average molecular weight is 340 g/mol. The number of nitrogens with one attached hydrogen (secondary N) is 2. The molecule has 1 amide bonds. The first kappa shape index (κ1) is 19.6. The van der Waals surface area contributed by atoms with Crippen molar-refractivity contribution in [2.45, 2.75) is 39.7 Å². The molecule has 1 aromatic heterocycles. The molecule has 7 heteroatoms. The van der Waals surface area contributed by atoms with Gasteiger partial charge in [0.05, 0.1) is 11.2 Å². The van der Waals surface area contributed by atoms with Gasteiger partial charge in [-0.15, -0.1) is 36.2 Å². The van der Waals surface area contributed by atoms with Crippen LogP contribution in [0.2, 0.25) is 0 Å². The minimum Gasteiger partial charge on any atom is -0.350 e. The molecule has 1 atom stereocenters. The van der Waals surface area contributed by atoms with Gasteiger partial charge in [0.2, 0.25) is 0 Å². The Labute approximate surface area is 137 Å². The third kappa shape index (κ3) is 4.58. The molecular weight excluding hydrogens is 317 g/mol. The number of carbonyl (C=O) groups is 1. The lowest BCUT2D eigenvalue weighted by molar-refractivity contribution is 0.0932. The maximum Gasteiger partial charge on any atom is 0.263 e. The Morgan fingerprint density at radius 1 is 1.55 bits per heavy atom. The molecule has 116 valence electrons. The van der Waals surface area contributed by atoms with Gasteiger partial charge in [-0.25, -0.2) is 4.98 Å². The van der Waals surface area contributed by atoms with Crippen molar-refractivity contribution in [2.24, 2.45) is 5.41 Å². The first-order chi connectivity index (χ1) is 8.50. The molecule has 2 N–H and O–H groups in total. The summed E-state index contributed by atoms with van der Waals surface area (Å²) in [5.41, 5.74) is 2.77. The van der Waals surface area contributed by atoms with Crippen molar-refractivity contribution in [3.63, 3.8) is 0 Å². The highest BCUT2D eigenvalue weighted by Gasteiger charge is 2.32. The van der Waals surface area contributed by atoms with Crippen LogP contribution in [0.3, 0.4) is 0 Å². The third-order valence-electron chi connectivity index (χ3n) is 3.75. The van der Waals surface area contributed by atoms with Crippen LogP contribution in [-0.2, 0) is 0 Å². The maximum atomic E-state index is 12.0. The van der Waals surface area contributed by atoms with Crippen LogP contribution in [-0.4, -0.2) is 30.0 Å². The third-order valence-corrected chi connectivity index (χ3v) is 4.68. The van der Waals surface area contributed by atoms with E-state index < -0.39 is 0 Å². The van der Waals surface area contributed by atoms with Crippen molar-refractivity contribution >= 4 is 42.1 Å². The SMILES string of the molecule is Cc1ncsc1C(=O)NCC1NCCCC1(C)C.Cl.Cl. The summed E-state index contributed by atoms with van der Waals surface area (Å²) in [5.74, 6) is -0.00169. The molecule has 0 saturated carbocycles. The average Bonchev–Trinajstić information content (AvgIpc) is 2.73. The van der Waals surface area contributed by atoms with Gasteiger partial charge < -0.3 is 10.6 Å². The van der Waals surface area contributed by atoms with Gasteiger partial charge in [-0.2, -0.15) is 0 Å². The highest BCUT2D eigenvalue weighted by molar-refractivity contribution is 7.11. The zero-order valence-corrected chi connectivity index (χ0v) is 14.5. The lowest BCUT2D eigenvalue weighted by Gasteiger charge is -2.39. The normalized spacial score (nSPS) is 20.4. The molecule has 1 aromatic rings. The van der Waals surface area contributed by atoms with Gasteiger partial charge in [-0.05, 0) is 31.7 Å². The second-order valence-electron chi connectivity index (χ2n) is 5.58. The number of thiazole rings is 1. The van der Waals surface area contributed by atoms with Crippen molar-refractivity contribution in [3.8, 4) is 0 Å². The Morgan fingerprint density at radius 3 is 2.80 bits per heavy atom. The summed E-state index contributed by atoms with van der Waals surface area (Å²) in [4.78, 5) is 16.8. The summed E-state index contributed by atoms with van der Waals surface area (Å²) < 4.78 is 0. The molecule has 1 aliphatic rings. The fraction of sp³-hybridized carbons (Fsp3) is 0.692. The first-order valence-corrected chi connectivity index (χ1v) is 7.30. The maximum absolute atomic E-state index is 12.0. The van der Waals surface area contributed by atoms with Gasteiger partial charge in [-0.3, -0.25) is 4.79 Å². The number of carbonyl (C=O) groups excluding carboxylic acids is 1. The molecule has 1 fully saturated rings. The molecule has 20 heavy (non-hydrogen) atoms. The molecule has 0 aliphatic carbocycles. The van der Waals surface area contributed by atoms with E-state index in [2.05, 4.69) is 29.5 Å². The van der Waals surface area contributed by atoms with Gasteiger partial charge in [0.25, 0.3) is 5.91 Å². The lowest BCUT2D eigenvalue weighted by Crippen LogP contribution is -2.52. The first-order valence-electron chi connectivity index (χ1n) is 6.42. The van der Waals surface area contributed by atoms with Gasteiger partial charge >= 0.3 is 0 Å². The monoisotopic (exact) mass is 339 g/mol. The summed E-state index contributed by atoms with van der Waals surface area (Å²) in [6.45, 7) is 8.11. The van der Waals surface area contributed by atoms with Crippen LogP contribution in [0.4, 0.5) is 0 Å². The molecule has 1 aliphatic heterocycles. The zero-order chi connectivity index (χ0) is 13.2. The molecule has 4 nitrogen and oxygen atoms in total. The summed E-state index contributed by atoms with van der Waals surface area (Å²) in [6.07, 6.45) is 2.42. The van der Waals surface area contributed by atoms with Crippen molar-refractivity contribution in [1.29, 1.82) is 0 Å². The van der Waals surface area contributed by atoms with Crippen LogP contribution in [0.1, 0.15) is 42.1 Å². The van der Waals surface area contributed by atoms with Gasteiger partial charge in [0, 0.05) is 12.6 Å². The highest BCUT2D eigenvalue weighted by atomic mass is 35.5. The van der Waals surface area contributed by atoms with Crippen LogP contribution in [0.25, 0.3) is 0 Å². The van der Waals surface area contributed by atoms with E-state index >= 15 is 0 Å². The Balaban J connectivity index is 0.00000180. The van der Waals surface area contributed by atoms with Crippen molar-refractivity contribution in [3.05, 3.63) is 16.1 Å². The smallest absolute Gasteiger partial charge is 0.263 e. The summed E-state index contributed by atoms with van der Waals surface area (Å²) >= 11 is 1.40. The van der Waals surface area contributed by atoms with Crippen LogP contribution in [0.15, 0.2) is 5.51 Å². The molecule has 2 rings (SSSR count). The number of hydrogen-bond donors (Lipinski definition) is 2. The Hall–Kier alpha value is -0.360. The Kier molecular flexibility index (Phi) is 8.03. The molecule has 1 unspecified atom stereocenters. The van der Waals surface area contributed by atoms with E-state index in [4.69, 9.17) is 0 Å². The lowest BCUT2D eigenvalue weighted by atomic mass is 9.77. The van der Waals surface area contributed by atoms with Crippen LogP contribution < -0.4 is 10.6 Å². The molecule has 0 radical (unpaired) electrons. The number of rotatable bonds is 3. The number of aryl methyl sites for hydroxylation is 1. The predicted molar refractivity (Wildman–Crippen MR) is 88.5 cm³/mol. The van der Waals surface area contributed by atoms with Crippen LogP contribution in [0, 0.1) is 12.3 Å². The van der Waals surface area contributed by atoms with E-state index in [1.54, 1.807) is 5.51 Å². The largest absolute Gasteiger partial charge is 0.350 e. The molecule has 1 saturated heterocycles. The minimum absolute atomic E-state index is 0. The summed E-state index contributed by atoms with van der Waals surface area (Å²) in [5, 5.41) is 6.52. The second kappa shape index (κ2) is 8.17. The number of piperidine rings is 1. The zero-order valence-electron chi connectivity index (χ0n) is 12.1. The molecule has 0 spiro atoms. The van der Waals surface area contributed by atoms with Crippen molar-refractivity contribution in [1.82, 2.24) is 15.6 Å². The number of halogens is 2. The van der Waals surface area contributed by atoms with E-state index in [1.807, 2.05) is 6.92 Å². The second-order valence-corrected chi connectivity index (χ2v) is 6.43. The van der Waals surface area contributed by atoms with E-state index in [9.17, 15) is 4.79 Å². The summed E-state index contributed by atoms with van der Waals surface area (Å²) in [6, 6.07) is 0.350. The number of hydrogen-bond acceptors (Lipinski definition) is 4. The number of aromatic nitrogens is 1. The van der Waals surface area contributed by atoms with E-state index in [1.165, 1.54) is 24.2 Å². The Morgan fingerprint density at radius 2 is 2.25 bits per heavy atom. The van der Waals surface area contributed by atoms with Crippen LogP contribution >= 0.6 is 36.2 Å². The number of amides is 1. The quantitative estimate of drug-likeness (QED) is 0.890. The van der Waals surface area contributed by atoms with Gasteiger partial charge in [0.15, 0.2) is 0 Å². The van der Waals surface area contributed by atoms with Crippen molar-refractivity contribution in [2.75, 3.05) is 13.1 Å². The van der Waals surface area contributed by atoms with Gasteiger partial charge in [-0.1, -0.05) is 13.8 Å². The van der Waals surface area contributed by atoms with E-state index in [0.29, 0.717) is 12.6 Å². The van der Waals surface area contributed by atoms with Crippen molar-refractivity contribution < 1.29 is 4.79 Å². The van der Waals surface area contributed by atoms with Crippen LogP contribution in [0.5, 0.6) is 0 Å². The molecular formula is C13H23Cl2N3OS. The minimum atomic E-state index is -0.00169. The predicted octanol–water partition coefficient (Wildman–Crippen LogP) is 2.80. The molecule has 0 aromatic carbocycles. The summed E-state index contributed by atoms with van der Waals surface area (Å²) in [7, 11) is 0. The van der Waals surface area contributed by atoms with Gasteiger partial charge in [0.1, 0.15) is 4.88 Å². The number of nitrogens with zero attached hydrogens (tertiary/aromatic N) is 1. The fourth-order valence-electron chi connectivity index (χ4n) is 2.41. The molecule has 2 heterocycles.